The van der Waals surface area contributed by atoms with E-state index in [2.05, 4.69) is 21.0 Å². The minimum absolute atomic E-state index is 0.388. The van der Waals surface area contributed by atoms with Crippen molar-refractivity contribution in [2.45, 2.75) is 20.3 Å². The molecular formula is C9H13BrN2O2. The van der Waals surface area contributed by atoms with E-state index in [0.717, 1.165) is 15.9 Å². The molecule has 0 saturated carbocycles. The fourth-order valence-corrected chi connectivity index (χ4v) is 1.78. The monoisotopic (exact) mass is 260 g/mol. The van der Waals surface area contributed by atoms with Crippen LogP contribution in [0, 0.1) is 12.8 Å². The molecule has 0 aliphatic rings. The molecule has 1 aromatic rings. The number of carboxylic acids is 1. The topological polar surface area (TPSA) is 55.1 Å². The Kier molecular flexibility index (Phi) is 3.31. The van der Waals surface area contributed by atoms with Crippen molar-refractivity contribution in [2.75, 3.05) is 0 Å². The summed E-state index contributed by atoms with van der Waals surface area (Å²) in [4.78, 5) is 10.7. The maximum Gasteiger partial charge on any atom is 0.306 e. The van der Waals surface area contributed by atoms with Gasteiger partial charge in [0.2, 0.25) is 0 Å². The van der Waals surface area contributed by atoms with Crippen LogP contribution < -0.4 is 0 Å². The highest BCUT2D eigenvalue weighted by Gasteiger charge is 2.17. The van der Waals surface area contributed by atoms with Gasteiger partial charge >= 0.3 is 5.97 Å². The lowest BCUT2D eigenvalue weighted by Crippen LogP contribution is -2.14. The Morgan fingerprint density at radius 1 is 1.71 bits per heavy atom. The Morgan fingerprint density at radius 3 is 2.64 bits per heavy atom. The van der Waals surface area contributed by atoms with E-state index >= 15 is 0 Å². The molecule has 0 fully saturated rings. The van der Waals surface area contributed by atoms with Gasteiger partial charge in [-0.2, -0.15) is 5.10 Å². The molecule has 4 nitrogen and oxygen atoms in total. The summed E-state index contributed by atoms with van der Waals surface area (Å²) in [5.41, 5.74) is 1.82. The summed E-state index contributed by atoms with van der Waals surface area (Å²) in [6.45, 7) is 3.58. The number of aromatic nitrogens is 2. The molecule has 1 heterocycles. The van der Waals surface area contributed by atoms with E-state index in [4.69, 9.17) is 5.11 Å². The Labute approximate surface area is 91.1 Å². The van der Waals surface area contributed by atoms with Crippen LogP contribution in [-0.4, -0.2) is 20.9 Å². The van der Waals surface area contributed by atoms with Gasteiger partial charge in [0.05, 0.1) is 21.8 Å². The summed E-state index contributed by atoms with van der Waals surface area (Å²) >= 11 is 3.40. The fourth-order valence-electron chi connectivity index (χ4n) is 1.28. The molecule has 1 rings (SSSR count). The van der Waals surface area contributed by atoms with Crippen LogP contribution in [-0.2, 0) is 18.3 Å². The molecule has 0 aliphatic heterocycles. The highest BCUT2D eigenvalue weighted by Crippen LogP contribution is 2.22. The maximum atomic E-state index is 10.7. The first-order chi connectivity index (χ1) is 6.43. The average molecular weight is 261 g/mol. The van der Waals surface area contributed by atoms with Gasteiger partial charge in [-0.15, -0.1) is 0 Å². The molecule has 0 saturated heterocycles. The second kappa shape index (κ2) is 4.13. The van der Waals surface area contributed by atoms with Crippen LogP contribution in [0.4, 0.5) is 0 Å². The summed E-state index contributed by atoms with van der Waals surface area (Å²) in [6, 6.07) is 0. The quantitative estimate of drug-likeness (QED) is 0.901. The van der Waals surface area contributed by atoms with Crippen LogP contribution in [0.15, 0.2) is 4.47 Å². The standard InChI is InChI=1S/C9H13BrN2O2/c1-5(9(13)14)4-7-8(10)6(2)11-12(7)3/h5H,4H2,1-3H3,(H,13,14). The van der Waals surface area contributed by atoms with E-state index in [-0.39, 0.29) is 5.92 Å². The number of hydrogen-bond donors (Lipinski definition) is 1. The number of carbonyl (C=O) groups is 1. The van der Waals surface area contributed by atoms with Crippen molar-refractivity contribution in [2.24, 2.45) is 13.0 Å². The molecule has 0 radical (unpaired) electrons. The predicted molar refractivity (Wildman–Crippen MR) is 56.1 cm³/mol. The predicted octanol–water partition coefficient (Wildman–Crippen LogP) is 1.75. The summed E-state index contributed by atoms with van der Waals surface area (Å²) in [5, 5.41) is 13.0. The number of halogens is 1. The van der Waals surface area contributed by atoms with E-state index in [0.29, 0.717) is 6.42 Å². The van der Waals surface area contributed by atoms with Crippen molar-refractivity contribution in [1.82, 2.24) is 9.78 Å². The molecule has 5 heteroatoms. The Hall–Kier alpha value is -0.840. The van der Waals surface area contributed by atoms with Crippen molar-refractivity contribution in [1.29, 1.82) is 0 Å². The molecule has 0 amide bonds. The zero-order valence-electron chi connectivity index (χ0n) is 8.41. The molecule has 1 aromatic heterocycles. The van der Waals surface area contributed by atoms with Crippen molar-refractivity contribution in [3.8, 4) is 0 Å². The van der Waals surface area contributed by atoms with Gasteiger partial charge in [0.25, 0.3) is 0 Å². The molecule has 78 valence electrons. The first-order valence-electron chi connectivity index (χ1n) is 4.34. The van der Waals surface area contributed by atoms with Crippen LogP contribution in [0.5, 0.6) is 0 Å². The van der Waals surface area contributed by atoms with E-state index in [1.807, 2.05) is 14.0 Å². The number of aryl methyl sites for hydroxylation is 2. The van der Waals surface area contributed by atoms with E-state index < -0.39 is 5.97 Å². The van der Waals surface area contributed by atoms with Crippen molar-refractivity contribution >= 4 is 21.9 Å². The molecule has 1 N–H and O–H groups in total. The van der Waals surface area contributed by atoms with Gasteiger partial charge in [-0.05, 0) is 22.9 Å². The van der Waals surface area contributed by atoms with Gasteiger partial charge in [0.1, 0.15) is 0 Å². The van der Waals surface area contributed by atoms with Crippen molar-refractivity contribution < 1.29 is 9.90 Å². The SMILES string of the molecule is Cc1nn(C)c(CC(C)C(=O)O)c1Br. The Morgan fingerprint density at radius 2 is 2.29 bits per heavy atom. The summed E-state index contributed by atoms with van der Waals surface area (Å²) in [7, 11) is 1.82. The number of carboxylic acid groups (broad SMARTS) is 1. The minimum atomic E-state index is -0.782. The lowest BCUT2D eigenvalue weighted by molar-refractivity contribution is -0.141. The second-order valence-corrected chi connectivity index (χ2v) is 4.21. The fraction of sp³-hybridized carbons (Fsp3) is 0.556. The van der Waals surface area contributed by atoms with Crippen LogP contribution >= 0.6 is 15.9 Å². The molecule has 0 aromatic carbocycles. The first kappa shape index (κ1) is 11.2. The molecule has 14 heavy (non-hydrogen) atoms. The smallest absolute Gasteiger partial charge is 0.306 e. The van der Waals surface area contributed by atoms with Gasteiger partial charge in [0, 0.05) is 13.5 Å². The lowest BCUT2D eigenvalue weighted by atomic mass is 10.1. The number of aliphatic carboxylic acids is 1. The number of nitrogens with zero attached hydrogens (tertiary/aromatic N) is 2. The largest absolute Gasteiger partial charge is 0.481 e. The third-order valence-corrected chi connectivity index (χ3v) is 3.21. The molecule has 1 atom stereocenters. The molecule has 1 unspecified atom stereocenters. The van der Waals surface area contributed by atoms with Crippen LogP contribution in [0.25, 0.3) is 0 Å². The van der Waals surface area contributed by atoms with Gasteiger partial charge in [0.15, 0.2) is 0 Å². The zero-order valence-corrected chi connectivity index (χ0v) is 10.00. The molecule has 0 aliphatic carbocycles. The summed E-state index contributed by atoms with van der Waals surface area (Å²) in [5.74, 6) is -1.17. The van der Waals surface area contributed by atoms with E-state index in [1.54, 1.807) is 11.6 Å². The first-order valence-corrected chi connectivity index (χ1v) is 5.13. The lowest BCUT2D eigenvalue weighted by Gasteiger charge is -2.06. The van der Waals surface area contributed by atoms with E-state index in [1.165, 1.54) is 0 Å². The minimum Gasteiger partial charge on any atom is -0.481 e. The van der Waals surface area contributed by atoms with E-state index in [9.17, 15) is 4.79 Å². The van der Waals surface area contributed by atoms with Crippen molar-refractivity contribution in [3.63, 3.8) is 0 Å². The molecular weight excluding hydrogens is 248 g/mol. The third-order valence-electron chi connectivity index (χ3n) is 2.18. The van der Waals surface area contributed by atoms with Gasteiger partial charge in [-0.25, -0.2) is 0 Å². The van der Waals surface area contributed by atoms with Crippen LogP contribution in [0.2, 0.25) is 0 Å². The van der Waals surface area contributed by atoms with Crippen molar-refractivity contribution in [3.05, 3.63) is 15.9 Å². The summed E-state index contributed by atoms with van der Waals surface area (Å²) in [6.07, 6.45) is 0.493. The van der Waals surface area contributed by atoms with Gasteiger partial charge in [-0.1, -0.05) is 6.92 Å². The zero-order chi connectivity index (χ0) is 10.9. The average Bonchev–Trinajstić information content (AvgIpc) is 2.32. The summed E-state index contributed by atoms with van der Waals surface area (Å²) < 4.78 is 2.63. The molecule has 0 spiro atoms. The Balaban J connectivity index is 2.91. The van der Waals surface area contributed by atoms with Gasteiger partial charge < -0.3 is 5.11 Å². The molecule has 0 bridgehead atoms. The Bertz CT molecular complexity index is 360. The number of hydrogen-bond acceptors (Lipinski definition) is 2. The normalized spacial score (nSPS) is 12.9. The maximum absolute atomic E-state index is 10.7. The highest BCUT2D eigenvalue weighted by atomic mass is 79.9. The second-order valence-electron chi connectivity index (χ2n) is 3.41. The number of rotatable bonds is 3. The van der Waals surface area contributed by atoms with Crippen LogP contribution in [0.3, 0.4) is 0 Å². The third kappa shape index (κ3) is 2.15. The van der Waals surface area contributed by atoms with Crippen LogP contribution in [0.1, 0.15) is 18.3 Å². The van der Waals surface area contributed by atoms with Gasteiger partial charge in [-0.3, -0.25) is 9.48 Å². The highest BCUT2D eigenvalue weighted by molar-refractivity contribution is 9.10.